The third kappa shape index (κ3) is 4.82. The van der Waals surface area contributed by atoms with E-state index in [1.165, 1.54) is 43.8 Å². The van der Waals surface area contributed by atoms with Gasteiger partial charge in [0.2, 0.25) is 10.0 Å². The van der Waals surface area contributed by atoms with Crippen LogP contribution in [0.5, 0.6) is 0 Å². The maximum atomic E-state index is 13.4. The van der Waals surface area contributed by atoms with Crippen LogP contribution in [0.1, 0.15) is 44.0 Å². The fraction of sp³-hybridized carbons (Fsp3) is 0.261. The van der Waals surface area contributed by atoms with Gasteiger partial charge in [-0.1, -0.05) is 6.07 Å². The first-order chi connectivity index (χ1) is 15.8. The number of aryl methyl sites for hydroxylation is 1. The summed E-state index contributed by atoms with van der Waals surface area (Å²) in [6, 6.07) is 9.47. The Morgan fingerprint density at radius 3 is 2.55 bits per heavy atom. The molecule has 0 saturated carbocycles. The molecule has 1 aliphatic carbocycles. The molecular formula is C23H24N4O4S2. The van der Waals surface area contributed by atoms with Crippen LogP contribution in [0.2, 0.25) is 0 Å². The fourth-order valence-corrected chi connectivity index (χ4v) is 5.94. The van der Waals surface area contributed by atoms with Crippen LogP contribution >= 0.6 is 11.3 Å². The molecule has 2 amide bonds. The summed E-state index contributed by atoms with van der Waals surface area (Å²) in [5.41, 5.74) is 2.15. The molecule has 0 saturated heterocycles. The Morgan fingerprint density at radius 1 is 1.03 bits per heavy atom. The van der Waals surface area contributed by atoms with Gasteiger partial charge in [-0.3, -0.25) is 14.6 Å². The van der Waals surface area contributed by atoms with Crippen molar-refractivity contribution in [3.8, 4) is 0 Å². The number of thiophene rings is 1. The number of fused-ring (bicyclic) bond motifs is 1. The maximum absolute atomic E-state index is 13.4. The van der Waals surface area contributed by atoms with Gasteiger partial charge >= 0.3 is 0 Å². The quantitative estimate of drug-likeness (QED) is 0.554. The molecule has 0 spiro atoms. The smallest absolute Gasteiger partial charge is 0.258 e. The monoisotopic (exact) mass is 484 g/mol. The average Bonchev–Trinajstić information content (AvgIpc) is 3.17. The van der Waals surface area contributed by atoms with E-state index in [9.17, 15) is 18.0 Å². The molecule has 10 heteroatoms. The highest BCUT2D eigenvalue weighted by Gasteiger charge is 2.27. The zero-order chi connectivity index (χ0) is 23.6. The van der Waals surface area contributed by atoms with Crippen molar-refractivity contribution < 1.29 is 18.0 Å². The van der Waals surface area contributed by atoms with Gasteiger partial charge < -0.3 is 10.6 Å². The molecule has 1 aromatic carbocycles. The van der Waals surface area contributed by atoms with Crippen molar-refractivity contribution in [1.29, 1.82) is 0 Å². The number of hydrogen-bond donors (Lipinski definition) is 2. The van der Waals surface area contributed by atoms with Gasteiger partial charge in [0.1, 0.15) is 5.00 Å². The molecule has 2 aromatic heterocycles. The molecule has 0 bridgehead atoms. The van der Waals surface area contributed by atoms with E-state index >= 15 is 0 Å². The van der Waals surface area contributed by atoms with E-state index in [-0.39, 0.29) is 16.7 Å². The molecule has 172 valence electrons. The number of rotatable bonds is 6. The third-order valence-electron chi connectivity index (χ3n) is 5.42. The summed E-state index contributed by atoms with van der Waals surface area (Å²) >= 11 is 1.42. The number of hydrogen-bond acceptors (Lipinski definition) is 6. The van der Waals surface area contributed by atoms with Crippen molar-refractivity contribution in [3.05, 3.63) is 70.4 Å². The average molecular weight is 485 g/mol. The molecule has 0 atom stereocenters. The van der Waals surface area contributed by atoms with E-state index in [0.717, 1.165) is 40.4 Å². The lowest BCUT2D eigenvalue weighted by Crippen LogP contribution is -2.22. The van der Waals surface area contributed by atoms with E-state index < -0.39 is 10.0 Å². The SMILES string of the molecule is CN(C)S(=O)(=O)c1cccc(NC(=O)c2c(NC(=O)c3cccnc3)sc3c2CCCC3)c1. The van der Waals surface area contributed by atoms with Crippen LogP contribution in [0.25, 0.3) is 0 Å². The number of benzene rings is 1. The zero-order valence-electron chi connectivity index (χ0n) is 18.3. The molecule has 3 aromatic rings. The highest BCUT2D eigenvalue weighted by Crippen LogP contribution is 2.39. The van der Waals surface area contributed by atoms with Crippen LogP contribution in [-0.4, -0.2) is 43.6 Å². The van der Waals surface area contributed by atoms with Crippen molar-refractivity contribution >= 4 is 43.9 Å². The topological polar surface area (TPSA) is 108 Å². The molecule has 1 aliphatic rings. The van der Waals surface area contributed by atoms with Crippen LogP contribution in [-0.2, 0) is 22.9 Å². The van der Waals surface area contributed by atoms with Gasteiger partial charge in [0, 0.05) is 37.1 Å². The normalized spacial score (nSPS) is 13.4. The van der Waals surface area contributed by atoms with Gasteiger partial charge in [-0.2, -0.15) is 0 Å². The van der Waals surface area contributed by atoms with Gasteiger partial charge in [-0.05, 0) is 61.6 Å². The summed E-state index contributed by atoms with van der Waals surface area (Å²) < 4.78 is 26.0. The molecule has 4 rings (SSSR count). The minimum atomic E-state index is -3.64. The van der Waals surface area contributed by atoms with Crippen molar-refractivity contribution in [2.75, 3.05) is 24.7 Å². The van der Waals surface area contributed by atoms with E-state index in [0.29, 0.717) is 21.8 Å². The lowest BCUT2D eigenvalue weighted by molar-refractivity contribution is 0.102. The van der Waals surface area contributed by atoms with E-state index in [1.54, 1.807) is 30.5 Å². The van der Waals surface area contributed by atoms with Crippen molar-refractivity contribution in [2.45, 2.75) is 30.6 Å². The molecule has 0 aliphatic heterocycles. The second-order valence-electron chi connectivity index (χ2n) is 7.88. The van der Waals surface area contributed by atoms with Gasteiger partial charge in [0.15, 0.2) is 0 Å². The lowest BCUT2D eigenvalue weighted by Gasteiger charge is -2.15. The molecule has 2 N–H and O–H groups in total. The summed E-state index contributed by atoms with van der Waals surface area (Å²) in [5, 5.41) is 6.19. The zero-order valence-corrected chi connectivity index (χ0v) is 19.9. The Balaban J connectivity index is 1.65. The fourth-order valence-electron chi connectivity index (χ4n) is 3.71. The number of aromatic nitrogens is 1. The predicted octanol–water partition coefficient (Wildman–Crippen LogP) is 3.78. The first-order valence-electron chi connectivity index (χ1n) is 10.5. The Kier molecular flexibility index (Phi) is 6.59. The molecular weight excluding hydrogens is 460 g/mol. The minimum Gasteiger partial charge on any atom is -0.322 e. The number of carbonyl (C=O) groups is 2. The first-order valence-corrected chi connectivity index (χ1v) is 12.7. The Labute approximate surface area is 196 Å². The highest BCUT2D eigenvalue weighted by atomic mass is 32.2. The van der Waals surface area contributed by atoms with E-state index in [1.807, 2.05) is 0 Å². The van der Waals surface area contributed by atoms with Gasteiger partial charge in [-0.25, -0.2) is 12.7 Å². The number of anilines is 2. The summed E-state index contributed by atoms with van der Waals surface area (Å²) in [6.07, 6.45) is 6.68. The molecule has 0 unspecified atom stereocenters. The van der Waals surface area contributed by atoms with Crippen LogP contribution in [0.4, 0.5) is 10.7 Å². The maximum Gasteiger partial charge on any atom is 0.258 e. The Hall–Kier alpha value is -3.08. The number of nitrogens with one attached hydrogen (secondary N) is 2. The second-order valence-corrected chi connectivity index (χ2v) is 11.1. The van der Waals surface area contributed by atoms with Crippen LogP contribution < -0.4 is 10.6 Å². The minimum absolute atomic E-state index is 0.0859. The summed E-state index contributed by atoms with van der Waals surface area (Å²) in [7, 11) is -0.729. The van der Waals surface area contributed by atoms with E-state index in [4.69, 9.17) is 0 Å². The highest BCUT2D eigenvalue weighted by molar-refractivity contribution is 7.89. The van der Waals surface area contributed by atoms with Crippen molar-refractivity contribution in [2.24, 2.45) is 0 Å². The molecule has 33 heavy (non-hydrogen) atoms. The molecule has 0 radical (unpaired) electrons. The third-order valence-corrected chi connectivity index (χ3v) is 8.44. The number of carbonyl (C=O) groups excluding carboxylic acids is 2. The number of sulfonamides is 1. The van der Waals surface area contributed by atoms with Crippen LogP contribution in [0.3, 0.4) is 0 Å². The largest absolute Gasteiger partial charge is 0.322 e. The van der Waals surface area contributed by atoms with Crippen molar-refractivity contribution in [1.82, 2.24) is 9.29 Å². The molecule has 2 heterocycles. The van der Waals surface area contributed by atoms with Crippen molar-refractivity contribution in [3.63, 3.8) is 0 Å². The standard InChI is InChI=1S/C23H24N4O4S2/c1-27(2)33(30,31)17-9-5-8-16(13-17)25-22(29)20-18-10-3-4-11-19(18)32-23(20)26-21(28)15-7-6-12-24-14-15/h5-9,12-14H,3-4,10-11H2,1-2H3,(H,25,29)(H,26,28). The number of pyridine rings is 1. The van der Waals surface area contributed by atoms with Gasteiger partial charge in [-0.15, -0.1) is 11.3 Å². The molecule has 8 nitrogen and oxygen atoms in total. The summed E-state index contributed by atoms with van der Waals surface area (Å²) in [6.45, 7) is 0. The van der Waals surface area contributed by atoms with Crippen LogP contribution in [0, 0.1) is 0 Å². The number of amides is 2. The van der Waals surface area contributed by atoms with Gasteiger partial charge in [0.25, 0.3) is 11.8 Å². The summed E-state index contributed by atoms with van der Waals surface area (Å²) in [4.78, 5) is 31.2. The first kappa shape index (κ1) is 23.1. The lowest BCUT2D eigenvalue weighted by atomic mass is 9.95. The Bertz CT molecular complexity index is 1300. The van der Waals surface area contributed by atoms with Crippen LogP contribution in [0.15, 0.2) is 53.7 Å². The molecule has 0 fully saturated rings. The predicted molar refractivity (Wildman–Crippen MR) is 128 cm³/mol. The van der Waals surface area contributed by atoms with E-state index in [2.05, 4.69) is 15.6 Å². The Morgan fingerprint density at radius 2 is 1.82 bits per heavy atom. The van der Waals surface area contributed by atoms with Gasteiger partial charge in [0.05, 0.1) is 16.0 Å². The number of nitrogens with zero attached hydrogens (tertiary/aromatic N) is 2. The second kappa shape index (κ2) is 9.42. The summed E-state index contributed by atoms with van der Waals surface area (Å²) in [5.74, 6) is -0.717.